The summed E-state index contributed by atoms with van der Waals surface area (Å²) >= 11 is 0. The second kappa shape index (κ2) is 7.97. The predicted molar refractivity (Wildman–Crippen MR) is 99.3 cm³/mol. The van der Waals surface area contributed by atoms with Gasteiger partial charge in [-0.3, -0.25) is 9.59 Å². The maximum Gasteiger partial charge on any atom is 0.243 e. The molecule has 0 saturated heterocycles. The molecule has 2 aromatic carbocycles. The van der Waals surface area contributed by atoms with Crippen molar-refractivity contribution in [3.8, 4) is 0 Å². The molecule has 0 aliphatic heterocycles. The molecule has 1 saturated carbocycles. The Bertz CT molecular complexity index is 721. The lowest BCUT2D eigenvalue weighted by Crippen LogP contribution is -2.33. The van der Waals surface area contributed by atoms with Crippen molar-refractivity contribution < 1.29 is 9.59 Å². The minimum atomic E-state index is -0.210. The number of anilines is 1. The predicted octanol–water partition coefficient (Wildman–Crippen LogP) is 3.63. The van der Waals surface area contributed by atoms with E-state index in [2.05, 4.69) is 41.8 Å². The maximum atomic E-state index is 12.3. The first-order chi connectivity index (χ1) is 12.1. The molecule has 1 aliphatic rings. The molecule has 1 unspecified atom stereocenters. The van der Waals surface area contributed by atoms with Crippen LogP contribution in [0.5, 0.6) is 0 Å². The summed E-state index contributed by atoms with van der Waals surface area (Å²) in [5.74, 6) is 0.558. The van der Waals surface area contributed by atoms with Crippen LogP contribution < -0.4 is 10.6 Å². The molecule has 4 nitrogen and oxygen atoms in total. The number of hydrogen-bond donors (Lipinski definition) is 2. The van der Waals surface area contributed by atoms with Crippen LogP contribution in [-0.4, -0.2) is 18.4 Å². The molecule has 25 heavy (non-hydrogen) atoms. The lowest BCUT2D eigenvalue weighted by molar-refractivity contribution is -0.124. The fraction of sp³-hybridized carbons (Fsp3) is 0.333. The zero-order valence-electron chi connectivity index (χ0n) is 14.5. The van der Waals surface area contributed by atoms with Gasteiger partial charge >= 0.3 is 0 Å². The summed E-state index contributed by atoms with van der Waals surface area (Å²) in [7, 11) is 0. The Morgan fingerprint density at radius 1 is 1.00 bits per heavy atom. The molecule has 130 valence electrons. The van der Waals surface area contributed by atoms with E-state index in [0.717, 1.165) is 5.69 Å². The van der Waals surface area contributed by atoms with E-state index in [4.69, 9.17) is 0 Å². The topological polar surface area (TPSA) is 58.2 Å². The van der Waals surface area contributed by atoms with Gasteiger partial charge in [-0.1, -0.05) is 48.0 Å². The lowest BCUT2D eigenvalue weighted by Gasteiger charge is -2.17. The van der Waals surface area contributed by atoms with Gasteiger partial charge in [0.25, 0.3) is 0 Å². The van der Waals surface area contributed by atoms with E-state index in [1.54, 1.807) is 0 Å². The van der Waals surface area contributed by atoms with Gasteiger partial charge in [-0.25, -0.2) is 0 Å². The SMILES string of the molecule is Cc1ccc(C(CC(=O)NCC(=O)Nc2ccccc2)C2CC2)cc1. The zero-order chi connectivity index (χ0) is 17.6. The van der Waals surface area contributed by atoms with Crippen LogP contribution in [0.2, 0.25) is 0 Å². The number of rotatable bonds is 7. The third kappa shape index (κ3) is 5.18. The normalized spacial score (nSPS) is 14.6. The average molecular weight is 336 g/mol. The maximum absolute atomic E-state index is 12.3. The van der Waals surface area contributed by atoms with Crippen molar-refractivity contribution in [3.63, 3.8) is 0 Å². The fourth-order valence-corrected chi connectivity index (χ4v) is 3.05. The number of nitrogens with one attached hydrogen (secondary N) is 2. The van der Waals surface area contributed by atoms with Gasteiger partial charge in [0.15, 0.2) is 0 Å². The summed E-state index contributed by atoms with van der Waals surface area (Å²) < 4.78 is 0. The molecule has 0 spiro atoms. The molecule has 0 radical (unpaired) electrons. The first-order valence-electron chi connectivity index (χ1n) is 8.80. The Labute approximate surface area is 148 Å². The Balaban J connectivity index is 1.50. The minimum Gasteiger partial charge on any atom is -0.347 e. The van der Waals surface area contributed by atoms with E-state index in [-0.39, 0.29) is 24.3 Å². The van der Waals surface area contributed by atoms with Crippen molar-refractivity contribution in [1.82, 2.24) is 5.32 Å². The molecule has 1 atom stereocenters. The zero-order valence-corrected chi connectivity index (χ0v) is 14.5. The summed E-state index contributed by atoms with van der Waals surface area (Å²) in [5.41, 5.74) is 3.18. The van der Waals surface area contributed by atoms with Crippen LogP contribution in [0.3, 0.4) is 0 Å². The number of hydrogen-bond acceptors (Lipinski definition) is 2. The summed E-state index contributed by atoms with van der Waals surface area (Å²) in [4.78, 5) is 24.2. The number of para-hydroxylation sites is 1. The van der Waals surface area contributed by atoms with Gasteiger partial charge in [0, 0.05) is 12.1 Å². The number of aryl methyl sites for hydroxylation is 1. The minimum absolute atomic E-state index is 0.000980. The van der Waals surface area contributed by atoms with Crippen LogP contribution in [0.4, 0.5) is 5.69 Å². The molecule has 1 aliphatic carbocycles. The van der Waals surface area contributed by atoms with Crippen LogP contribution in [0.25, 0.3) is 0 Å². The molecule has 0 aromatic heterocycles. The average Bonchev–Trinajstić information content (AvgIpc) is 3.45. The molecule has 4 heteroatoms. The van der Waals surface area contributed by atoms with Gasteiger partial charge in [0.2, 0.25) is 11.8 Å². The second-order valence-corrected chi connectivity index (χ2v) is 6.75. The highest BCUT2D eigenvalue weighted by Gasteiger charge is 2.33. The van der Waals surface area contributed by atoms with E-state index in [1.165, 1.54) is 24.0 Å². The number of carbonyl (C=O) groups excluding carboxylic acids is 2. The van der Waals surface area contributed by atoms with Crippen molar-refractivity contribution in [3.05, 3.63) is 65.7 Å². The Kier molecular flexibility index (Phi) is 5.49. The third-order valence-corrected chi connectivity index (χ3v) is 4.61. The van der Waals surface area contributed by atoms with Gasteiger partial charge in [0.05, 0.1) is 6.54 Å². The van der Waals surface area contributed by atoms with Crippen LogP contribution in [0.15, 0.2) is 54.6 Å². The van der Waals surface area contributed by atoms with Crippen molar-refractivity contribution in [2.45, 2.75) is 32.1 Å². The fourth-order valence-electron chi connectivity index (χ4n) is 3.05. The molecule has 0 bridgehead atoms. The number of benzene rings is 2. The summed E-state index contributed by atoms with van der Waals surface area (Å²) in [6.45, 7) is 2.06. The number of carbonyl (C=O) groups is 2. The third-order valence-electron chi connectivity index (χ3n) is 4.61. The molecular weight excluding hydrogens is 312 g/mol. The van der Waals surface area contributed by atoms with Crippen LogP contribution in [0, 0.1) is 12.8 Å². The van der Waals surface area contributed by atoms with E-state index >= 15 is 0 Å². The van der Waals surface area contributed by atoms with Crippen molar-refractivity contribution >= 4 is 17.5 Å². The van der Waals surface area contributed by atoms with Crippen molar-refractivity contribution in [2.24, 2.45) is 5.92 Å². The number of amides is 2. The van der Waals surface area contributed by atoms with Crippen LogP contribution in [0.1, 0.15) is 36.3 Å². The highest BCUT2D eigenvalue weighted by atomic mass is 16.2. The summed E-state index contributed by atoms with van der Waals surface area (Å²) in [6.07, 6.45) is 2.80. The van der Waals surface area contributed by atoms with E-state index in [9.17, 15) is 9.59 Å². The first-order valence-corrected chi connectivity index (χ1v) is 8.80. The smallest absolute Gasteiger partial charge is 0.243 e. The monoisotopic (exact) mass is 336 g/mol. The Hall–Kier alpha value is -2.62. The molecular formula is C21H24N2O2. The van der Waals surface area contributed by atoms with Crippen LogP contribution >= 0.6 is 0 Å². The quantitative estimate of drug-likeness (QED) is 0.811. The highest BCUT2D eigenvalue weighted by Crippen LogP contribution is 2.44. The highest BCUT2D eigenvalue weighted by molar-refractivity contribution is 5.94. The molecule has 0 heterocycles. The second-order valence-electron chi connectivity index (χ2n) is 6.75. The molecule has 1 fully saturated rings. The van der Waals surface area contributed by atoms with E-state index < -0.39 is 0 Å². The van der Waals surface area contributed by atoms with Gasteiger partial charge in [-0.15, -0.1) is 0 Å². The molecule has 3 rings (SSSR count). The van der Waals surface area contributed by atoms with Crippen molar-refractivity contribution in [1.29, 1.82) is 0 Å². The Morgan fingerprint density at radius 3 is 2.32 bits per heavy atom. The van der Waals surface area contributed by atoms with E-state index in [1.807, 2.05) is 30.3 Å². The van der Waals surface area contributed by atoms with Crippen molar-refractivity contribution in [2.75, 3.05) is 11.9 Å². The molecule has 2 aromatic rings. The largest absolute Gasteiger partial charge is 0.347 e. The van der Waals surface area contributed by atoms with E-state index in [0.29, 0.717) is 12.3 Å². The summed E-state index contributed by atoms with van der Waals surface area (Å²) in [6, 6.07) is 17.7. The van der Waals surface area contributed by atoms with Gasteiger partial charge < -0.3 is 10.6 Å². The van der Waals surface area contributed by atoms with Gasteiger partial charge in [0.1, 0.15) is 0 Å². The lowest BCUT2D eigenvalue weighted by atomic mass is 9.90. The molecule has 2 amide bonds. The summed E-state index contributed by atoms with van der Waals surface area (Å²) in [5, 5.41) is 5.52. The van der Waals surface area contributed by atoms with Gasteiger partial charge in [-0.2, -0.15) is 0 Å². The molecule has 2 N–H and O–H groups in total. The standard InChI is InChI=1S/C21H24N2O2/c1-15-7-9-16(10-8-15)19(17-11-12-17)13-20(24)22-14-21(25)23-18-5-3-2-4-6-18/h2-10,17,19H,11-14H2,1H3,(H,22,24)(H,23,25). The van der Waals surface area contributed by atoms with Gasteiger partial charge in [-0.05, 0) is 49.3 Å². The first kappa shape index (κ1) is 17.2. The Morgan fingerprint density at radius 2 is 1.68 bits per heavy atom. The van der Waals surface area contributed by atoms with Crippen LogP contribution in [-0.2, 0) is 9.59 Å².